The molecule has 1 heterocycles. The van der Waals surface area contributed by atoms with Gasteiger partial charge in [-0.25, -0.2) is 0 Å². The highest BCUT2D eigenvalue weighted by Crippen LogP contribution is 2.60. The van der Waals surface area contributed by atoms with Crippen molar-refractivity contribution in [3.8, 4) is 5.75 Å². The Morgan fingerprint density at radius 3 is 2.36 bits per heavy atom. The molecule has 5 fully saturated rings. The van der Waals surface area contributed by atoms with Gasteiger partial charge in [-0.05, 0) is 104 Å². The summed E-state index contributed by atoms with van der Waals surface area (Å²) in [5, 5.41) is 5.37. The molecular formula is C28H34N2O3. The molecule has 2 amide bonds. The van der Waals surface area contributed by atoms with E-state index in [1.165, 1.54) is 19.3 Å². The first-order valence-corrected chi connectivity index (χ1v) is 12.7. The lowest BCUT2D eigenvalue weighted by Gasteiger charge is -2.56. The van der Waals surface area contributed by atoms with Gasteiger partial charge < -0.3 is 15.0 Å². The fraction of sp³-hybridized carbons (Fsp3) is 0.571. The fourth-order valence-electron chi connectivity index (χ4n) is 7.78. The summed E-state index contributed by atoms with van der Waals surface area (Å²) in [5.74, 6) is 3.35. The van der Waals surface area contributed by atoms with Gasteiger partial charge in [0.1, 0.15) is 11.8 Å². The van der Waals surface area contributed by atoms with Gasteiger partial charge in [-0.1, -0.05) is 18.2 Å². The Morgan fingerprint density at radius 1 is 1.00 bits per heavy atom. The van der Waals surface area contributed by atoms with Crippen LogP contribution in [0.1, 0.15) is 56.9 Å². The fourth-order valence-corrected chi connectivity index (χ4v) is 7.78. The van der Waals surface area contributed by atoms with Gasteiger partial charge in [-0.2, -0.15) is 0 Å². The molecule has 0 unspecified atom stereocenters. The van der Waals surface area contributed by atoms with Gasteiger partial charge in [-0.3, -0.25) is 9.59 Å². The summed E-state index contributed by atoms with van der Waals surface area (Å²) in [6.45, 7) is 1.22. The van der Waals surface area contributed by atoms with E-state index in [2.05, 4.69) is 23.5 Å². The minimum absolute atomic E-state index is 0.000376. The normalized spacial score (nSPS) is 32.3. The van der Waals surface area contributed by atoms with Crippen LogP contribution in [0.15, 0.2) is 36.4 Å². The highest BCUT2D eigenvalue weighted by atomic mass is 16.5. The number of carbonyl (C=O) groups excluding carboxylic acids is 2. The number of hydrogen-bond donors (Lipinski definition) is 1. The molecule has 1 N–H and O–H groups in total. The van der Waals surface area contributed by atoms with Crippen LogP contribution in [0.25, 0.3) is 10.8 Å². The average molecular weight is 447 g/mol. The van der Waals surface area contributed by atoms with Gasteiger partial charge >= 0.3 is 0 Å². The zero-order valence-electron chi connectivity index (χ0n) is 19.5. The van der Waals surface area contributed by atoms with E-state index in [1.807, 2.05) is 23.1 Å². The largest absolute Gasteiger partial charge is 0.497 e. The second kappa shape index (κ2) is 8.03. The van der Waals surface area contributed by atoms with Crippen LogP contribution in [-0.2, 0) is 16.1 Å². The molecule has 5 nitrogen and oxygen atoms in total. The molecule has 0 radical (unpaired) electrons. The lowest BCUT2D eigenvalue weighted by atomic mass is 9.49. The second-order valence-electron chi connectivity index (χ2n) is 11.1. The first kappa shape index (κ1) is 21.0. The molecule has 174 valence electrons. The third-order valence-electron chi connectivity index (χ3n) is 8.89. The lowest BCUT2D eigenvalue weighted by molar-refractivity contribution is -0.160. The number of likely N-dealkylation sites (tertiary alicyclic amines) is 1. The Bertz CT molecular complexity index is 1060. The number of benzene rings is 2. The van der Waals surface area contributed by atoms with Crippen molar-refractivity contribution < 1.29 is 14.3 Å². The van der Waals surface area contributed by atoms with Crippen molar-refractivity contribution >= 4 is 22.6 Å². The van der Waals surface area contributed by atoms with Crippen LogP contribution in [0.5, 0.6) is 5.75 Å². The van der Waals surface area contributed by atoms with Crippen molar-refractivity contribution in [2.75, 3.05) is 13.7 Å². The number of carbonyl (C=O) groups is 2. The molecule has 7 rings (SSSR count). The molecule has 4 bridgehead atoms. The predicted octanol–water partition coefficient (Wildman–Crippen LogP) is 4.67. The summed E-state index contributed by atoms with van der Waals surface area (Å²) in [6, 6.07) is 11.9. The second-order valence-corrected chi connectivity index (χ2v) is 11.1. The molecule has 2 aromatic carbocycles. The van der Waals surface area contributed by atoms with Crippen LogP contribution in [0.2, 0.25) is 0 Å². The zero-order valence-corrected chi connectivity index (χ0v) is 19.5. The molecule has 0 aromatic heterocycles. The number of methoxy groups -OCH3 is 1. The van der Waals surface area contributed by atoms with E-state index in [1.54, 1.807) is 7.11 Å². The minimum Gasteiger partial charge on any atom is -0.497 e. The number of rotatable bonds is 5. The third-order valence-corrected chi connectivity index (χ3v) is 8.89. The first-order valence-electron chi connectivity index (χ1n) is 12.7. The SMILES string of the molecule is COc1ccc2cc(CNC(=O)[C@H]3CCCN3C(=O)C34CC5CC(CC(C5)C3)C4)ccc2c1. The van der Waals surface area contributed by atoms with E-state index < -0.39 is 0 Å². The number of fused-ring (bicyclic) bond motifs is 1. The van der Waals surface area contributed by atoms with Gasteiger partial charge in [0.2, 0.25) is 11.8 Å². The highest BCUT2D eigenvalue weighted by Gasteiger charge is 2.56. The van der Waals surface area contributed by atoms with Crippen LogP contribution in [0.4, 0.5) is 0 Å². The van der Waals surface area contributed by atoms with Gasteiger partial charge in [0.25, 0.3) is 0 Å². The van der Waals surface area contributed by atoms with Crippen molar-refractivity contribution in [3.05, 3.63) is 42.0 Å². The molecule has 33 heavy (non-hydrogen) atoms. The van der Waals surface area contributed by atoms with Crippen molar-refractivity contribution in [3.63, 3.8) is 0 Å². The molecule has 0 spiro atoms. The number of amides is 2. The zero-order chi connectivity index (χ0) is 22.6. The number of nitrogens with zero attached hydrogens (tertiary/aromatic N) is 1. The summed E-state index contributed by atoms with van der Waals surface area (Å²) in [6.07, 6.45) is 8.87. The van der Waals surface area contributed by atoms with Crippen LogP contribution in [0.3, 0.4) is 0 Å². The monoisotopic (exact) mass is 446 g/mol. The first-order chi connectivity index (χ1) is 16.0. The van der Waals surface area contributed by atoms with Gasteiger partial charge in [0.05, 0.1) is 12.5 Å². The van der Waals surface area contributed by atoms with Gasteiger partial charge in [0.15, 0.2) is 0 Å². The van der Waals surface area contributed by atoms with Crippen molar-refractivity contribution in [1.82, 2.24) is 10.2 Å². The standard InChI is InChI=1S/C28H34N2O3/c1-33-24-7-6-22-12-18(4-5-23(22)13-24)17-29-26(31)25-3-2-8-30(25)27(32)28-14-19-9-20(15-28)11-21(10-19)16-28/h4-7,12-13,19-21,25H,2-3,8-11,14-17H2,1H3,(H,29,31)/t19?,20?,21?,25-,28?/m1/s1. The van der Waals surface area contributed by atoms with Crippen LogP contribution >= 0.6 is 0 Å². The summed E-state index contributed by atoms with van der Waals surface area (Å²) < 4.78 is 5.31. The minimum atomic E-state index is -0.310. The Hall–Kier alpha value is -2.56. The molecule has 1 aliphatic heterocycles. The summed E-state index contributed by atoms with van der Waals surface area (Å²) in [5.41, 5.74) is 0.898. The highest BCUT2D eigenvalue weighted by molar-refractivity contribution is 5.91. The van der Waals surface area contributed by atoms with Crippen molar-refractivity contribution in [2.45, 2.75) is 64.0 Å². The molecule has 4 aliphatic carbocycles. The Morgan fingerprint density at radius 2 is 1.67 bits per heavy atom. The number of hydrogen-bond acceptors (Lipinski definition) is 3. The van der Waals surface area contributed by atoms with Gasteiger partial charge in [-0.15, -0.1) is 0 Å². The van der Waals surface area contributed by atoms with E-state index in [0.29, 0.717) is 12.5 Å². The molecule has 1 saturated heterocycles. The maximum atomic E-state index is 13.8. The quantitative estimate of drug-likeness (QED) is 0.726. The van der Waals surface area contributed by atoms with E-state index in [9.17, 15) is 9.59 Å². The average Bonchev–Trinajstić information content (AvgIpc) is 3.30. The van der Waals surface area contributed by atoms with E-state index in [0.717, 1.165) is 78.5 Å². The molecular weight excluding hydrogens is 412 g/mol. The maximum Gasteiger partial charge on any atom is 0.243 e. The molecule has 2 aromatic rings. The maximum absolute atomic E-state index is 13.8. The topological polar surface area (TPSA) is 58.6 Å². The molecule has 1 atom stereocenters. The molecule has 4 saturated carbocycles. The Labute approximate surface area is 195 Å². The lowest BCUT2D eigenvalue weighted by Crippen LogP contribution is -2.57. The van der Waals surface area contributed by atoms with Crippen LogP contribution in [0, 0.1) is 23.2 Å². The Kier molecular flexibility index (Phi) is 5.11. The third kappa shape index (κ3) is 3.70. The van der Waals surface area contributed by atoms with Crippen molar-refractivity contribution in [2.24, 2.45) is 23.2 Å². The predicted molar refractivity (Wildman–Crippen MR) is 128 cm³/mol. The van der Waals surface area contributed by atoms with Crippen LogP contribution in [-0.4, -0.2) is 36.4 Å². The summed E-state index contributed by atoms with van der Waals surface area (Å²) >= 11 is 0. The van der Waals surface area contributed by atoms with Crippen molar-refractivity contribution in [1.29, 1.82) is 0 Å². The van der Waals surface area contributed by atoms with Gasteiger partial charge in [0, 0.05) is 13.1 Å². The number of ether oxygens (including phenoxy) is 1. The smallest absolute Gasteiger partial charge is 0.243 e. The van der Waals surface area contributed by atoms with Crippen LogP contribution < -0.4 is 10.1 Å². The molecule has 5 aliphatic rings. The number of nitrogens with one attached hydrogen (secondary N) is 1. The summed E-state index contributed by atoms with van der Waals surface area (Å²) in [4.78, 5) is 29.0. The van der Waals surface area contributed by atoms with E-state index in [-0.39, 0.29) is 17.4 Å². The van der Waals surface area contributed by atoms with E-state index >= 15 is 0 Å². The molecule has 5 heteroatoms. The van der Waals surface area contributed by atoms with E-state index in [4.69, 9.17) is 4.74 Å². The Balaban J connectivity index is 1.13. The summed E-state index contributed by atoms with van der Waals surface area (Å²) in [7, 11) is 1.67.